The Balaban J connectivity index is 1.18. The number of imidazole rings is 1. The zero-order valence-electron chi connectivity index (χ0n) is 26.6. The first-order valence-electron chi connectivity index (χ1n) is 17.0. The highest BCUT2D eigenvalue weighted by atomic mass is 19.1. The highest BCUT2D eigenvalue weighted by molar-refractivity contribution is 6.06. The largest absolute Gasteiger partial charge is 0.508 e. The molecule has 246 valence electrons. The van der Waals surface area contributed by atoms with Crippen molar-refractivity contribution in [2.24, 2.45) is 5.41 Å². The second kappa shape index (κ2) is 11.3. The number of fused-ring (bicyclic) bond motifs is 6. The molecule has 0 amide bonds. The van der Waals surface area contributed by atoms with Crippen molar-refractivity contribution in [2.75, 3.05) is 44.2 Å². The number of piperidine rings is 1. The maximum Gasteiger partial charge on any atom is 0.319 e. The van der Waals surface area contributed by atoms with Gasteiger partial charge in [0, 0.05) is 67.0 Å². The monoisotopic (exact) mass is 649 g/mol. The van der Waals surface area contributed by atoms with Gasteiger partial charge in [0.15, 0.2) is 5.82 Å². The van der Waals surface area contributed by atoms with E-state index in [1.165, 1.54) is 6.07 Å². The number of terminal acetylenes is 1. The second-order valence-corrected chi connectivity index (χ2v) is 14.2. The zero-order chi connectivity index (χ0) is 32.6. The molecule has 3 aromatic heterocycles. The van der Waals surface area contributed by atoms with Crippen LogP contribution in [0.4, 0.5) is 14.6 Å². The van der Waals surface area contributed by atoms with Crippen LogP contribution in [-0.4, -0.2) is 86.9 Å². The fourth-order valence-electron chi connectivity index (χ4n) is 8.25. The molecule has 6 heterocycles. The fraction of sp³-hybridized carbons (Fsp3) is 0.432. The molecule has 1 aliphatic carbocycles. The van der Waals surface area contributed by atoms with E-state index in [1.54, 1.807) is 24.4 Å². The molecule has 4 aliphatic rings. The summed E-state index contributed by atoms with van der Waals surface area (Å²) in [6.07, 6.45) is 14.5. The van der Waals surface area contributed by atoms with Crippen LogP contribution in [-0.2, 0) is 0 Å². The predicted molar refractivity (Wildman–Crippen MR) is 181 cm³/mol. The molecular formula is C37H37F2N7O2. The number of rotatable bonds is 7. The molecule has 0 radical (unpaired) electrons. The summed E-state index contributed by atoms with van der Waals surface area (Å²) in [5.41, 5.74) is 3.36. The van der Waals surface area contributed by atoms with Crippen molar-refractivity contribution in [3.8, 4) is 35.2 Å². The summed E-state index contributed by atoms with van der Waals surface area (Å²) in [5.74, 6) is 2.82. The molecule has 3 saturated heterocycles. The lowest BCUT2D eigenvalue weighted by atomic mass is 9.94. The fourth-order valence-corrected chi connectivity index (χ4v) is 8.25. The Morgan fingerprint density at radius 3 is 2.67 bits per heavy atom. The highest BCUT2D eigenvalue weighted by Gasteiger charge is 2.45. The Kier molecular flexibility index (Phi) is 6.95. The number of aromatic nitrogens is 4. The molecule has 3 atom stereocenters. The number of anilines is 1. The average Bonchev–Trinajstić information content (AvgIpc) is 3.50. The Morgan fingerprint density at radius 2 is 1.90 bits per heavy atom. The predicted octanol–water partition coefficient (Wildman–Crippen LogP) is 5.46. The number of hydrogen-bond acceptors (Lipinski definition) is 8. The minimum absolute atomic E-state index is 0.0284. The van der Waals surface area contributed by atoms with Crippen LogP contribution in [0.1, 0.15) is 44.1 Å². The van der Waals surface area contributed by atoms with Gasteiger partial charge in [-0.15, -0.1) is 6.42 Å². The molecule has 2 bridgehead atoms. The molecule has 48 heavy (non-hydrogen) atoms. The van der Waals surface area contributed by atoms with E-state index in [1.807, 2.05) is 16.7 Å². The quantitative estimate of drug-likeness (QED) is 0.225. The summed E-state index contributed by atoms with van der Waals surface area (Å²) in [4.78, 5) is 19.4. The number of phenolic OH excluding ortho intramolecular Hbond substituents is 1. The molecule has 0 spiro atoms. The van der Waals surface area contributed by atoms with Gasteiger partial charge in [-0.3, -0.25) is 9.30 Å². The van der Waals surface area contributed by atoms with Crippen molar-refractivity contribution in [1.82, 2.24) is 29.6 Å². The smallest absolute Gasteiger partial charge is 0.319 e. The molecule has 9 nitrogen and oxygen atoms in total. The van der Waals surface area contributed by atoms with E-state index >= 15 is 4.39 Å². The topological polar surface area (TPSA) is 91.1 Å². The number of nitrogens with one attached hydrogen (secondary N) is 1. The van der Waals surface area contributed by atoms with Crippen LogP contribution in [0.15, 0.2) is 42.7 Å². The number of piperazine rings is 1. The molecule has 5 aromatic rings. The third kappa shape index (κ3) is 5.09. The zero-order valence-corrected chi connectivity index (χ0v) is 26.6. The van der Waals surface area contributed by atoms with Crippen molar-refractivity contribution in [3.63, 3.8) is 0 Å². The van der Waals surface area contributed by atoms with E-state index in [-0.39, 0.29) is 16.7 Å². The van der Waals surface area contributed by atoms with E-state index in [0.29, 0.717) is 70.7 Å². The van der Waals surface area contributed by atoms with Crippen molar-refractivity contribution >= 4 is 33.3 Å². The molecule has 11 heteroatoms. The summed E-state index contributed by atoms with van der Waals surface area (Å²) in [6.45, 7) is 4.30. The van der Waals surface area contributed by atoms with E-state index in [9.17, 15) is 9.50 Å². The minimum atomic E-state index is -0.762. The van der Waals surface area contributed by atoms with Crippen molar-refractivity contribution < 1.29 is 18.6 Å². The first kappa shape index (κ1) is 29.6. The van der Waals surface area contributed by atoms with Gasteiger partial charge in [0.05, 0.1) is 17.7 Å². The molecular weight excluding hydrogens is 612 g/mol. The van der Waals surface area contributed by atoms with Gasteiger partial charge in [-0.05, 0) is 80.3 Å². The summed E-state index contributed by atoms with van der Waals surface area (Å²) >= 11 is 0. The van der Waals surface area contributed by atoms with Crippen LogP contribution in [0, 0.1) is 23.6 Å². The van der Waals surface area contributed by atoms with Gasteiger partial charge in [-0.2, -0.15) is 9.97 Å². The molecule has 3 aliphatic heterocycles. The Bertz CT molecular complexity index is 2110. The van der Waals surface area contributed by atoms with Crippen LogP contribution in [0.2, 0.25) is 0 Å². The summed E-state index contributed by atoms with van der Waals surface area (Å²) in [6, 6.07) is 9.10. The van der Waals surface area contributed by atoms with Crippen LogP contribution >= 0.6 is 0 Å². The number of likely N-dealkylation sites (tertiary alicyclic amines) is 1. The molecule has 9 rings (SSSR count). The number of aromatic hydroxyl groups is 1. The molecule has 4 fully saturated rings. The number of nitrogens with zero attached hydrogens (tertiary/aromatic N) is 6. The molecule has 1 saturated carbocycles. The van der Waals surface area contributed by atoms with E-state index in [0.717, 1.165) is 69.6 Å². The van der Waals surface area contributed by atoms with Gasteiger partial charge in [-0.25, -0.2) is 13.8 Å². The minimum Gasteiger partial charge on any atom is -0.508 e. The number of phenols is 1. The SMILES string of the molecule is C#Cc1c(F)ccc2cc(O)cc(-c3cc4nc(OCC5(CN6CCC[C@H](F)C6)CC5)nc(N5C[C@H]6CC[C@@H](C5)N6)c4n4ccnc34)c12. The van der Waals surface area contributed by atoms with Gasteiger partial charge < -0.3 is 20.1 Å². The van der Waals surface area contributed by atoms with Crippen molar-refractivity contribution in [2.45, 2.75) is 56.8 Å². The molecule has 0 unspecified atom stereocenters. The number of ether oxygens (including phenoxy) is 1. The lowest BCUT2D eigenvalue weighted by Crippen LogP contribution is -2.51. The third-order valence-corrected chi connectivity index (χ3v) is 10.7. The first-order chi connectivity index (χ1) is 23.4. The first-order valence-corrected chi connectivity index (χ1v) is 17.0. The van der Waals surface area contributed by atoms with Gasteiger partial charge in [0.2, 0.25) is 0 Å². The van der Waals surface area contributed by atoms with Crippen LogP contribution in [0.3, 0.4) is 0 Å². The number of halogens is 2. The average molecular weight is 650 g/mol. The number of benzene rings is 2. The Labute approximate surface area is 276 Å². The maximum atomic E-state index is 15.1. The van der Waals surface area contributed by atoms with Crippen LogP contribution < -0.4 is 15.0 Å². The lowest BCUT2D eigenvalue weighted by Gasteiger charge is -2.34. The van der Waals surface area contributed by atoms with Crippen molar-refractivity contribution in [3.05, 3.63) is 54.1 Å². The lowest BCUT2D eigenvalue weighted by molar-refractivity contribution is 0.0974. The summed E-state index contributed by atoms with van der Waals surface area (Å²) in [5, 5.41) is 15.6. The summed E-state index contributed by atoms with van der Waals surface area (Å²) in [7, 11) is 0. The van der Waals surface area contributed by atoms with Gasteiger partial charge in [-0.1, -0.05) is 12.0 Å². The number of alkyl halides is 1. The van der Waals surface area contributed by atoms with Crippen LogP contribution in [0.5, 0.6) is 11.8 Å². The third-order valence-electron chi connectivity index (χ3n) is 10.7. The second-order valence-electron chi connectivity index (χ2n) is 14.2. The number of hydrogen-bond donors (Lipinski definition) is 2. The Hall–Kier alpha value is -4.53. The normalized spacial score (nSPS) is 23.6. The highest BCUT2D eigenvalue weighted by Crippen LogP contribution is 2.47. The van der Waals surface area contributed by atoms with Gasteiger partial charge in [0.25, 0.3) is 0 Å². The van der Waals surface area contributed by atoms with Crippen molar-refractivity contribution in [1.29, 1.82) is 0 Å². The standard InChI is InChI=1S/C37H37F2N7O2/c1-2-27-30(39)8-5-22-14-26(47)15-28(32(22)27)29-16-31-33(46-13-11-40-34(29)46)35(45-18-24-6-7-25(19-45)41-24)43-36(42-31)48-21-37(9-10-37)20-44-12-3-4-23(38)17-44/h1,5,8,11,13-16,23-25,41,47H,3-4,6-7,9-10,12,17-21H2/t23-,24-,25+/m0/s1. The molecule has 2 N–H and O–H groups in total. The summed E-state index contributed by atoms with van der Waals surface area (Å²) < 4.78 is 37.7. The van der Waals surface area contributed by atoms with Crippen LogP contribution in [0.25, 0.3) is 38.6 Å². The van der Waals surface area contributed by atoms with E-state index in [4.69, 9.17) is 26.1 Å². The van der Waals surface area contributed by atoms with E-state index in [2.05, 4.69) is 21.0 Å². The van der Waals surface area contributed by atoms with Gasteiger partial charge in [0.1, 0.15) is 28.9 Å². The Morgan fingerprint density at radius 1 is 1.06 bits per heavy atom. The van der Waals surface area contributed by atoms with Gasteiger partial charge >= 0.3 is 6.01 Å². The molecule has 2 aromatic carbocycles. The van der Waals surface area contributed by atoms with E-state index < -0.39 is 12.0 Å². The maximum absolute atomic E-state index is 15.1. The number of pyridine rings is 1.